The summed E-state index contributed by atoms with van der Waals surface area (Å²) in [5.74, 6) is -0.215. The number of benzene rings is 2. The van der Waals surface area contributed by atoms with Gasteiger partial charge in [0.25, 0.3) is 5.91 Å². The van der Waals surface area contributed by atoms with Gasteiger partial charge in [-0.15, -0.1) is 0 Å². The van der Waals surface area contributed by atoms with E-state index in [9.17, 15) is 14.4 Å². The summed E-state index contributed by atoms with van der Waals surface area (Å²) in [7, 11) is 0. The standard InChI is InChI=1S/C24H24N2O5/c1-16-6-2-5-9-20(16)30-14-15-31-23(29)24-13-12-21(27)26(24)19-8-4-3-7-18(19)22(28)25(24)17-10-11-17/h2-9,17H,10-15H2,1H3/t24-/m1/s1. The molecule has 0 bridgehead atoms. The maximum absolute atomic E-state index is 13.5. The number of rotatable bonds is 6. The van der Waals surface area contributed by atoms with Crippen LogP contribution in [0.3, 0.4) is 0 Å². The molecule has 31 heavy (non-hydrogen) atoms. The number of amides is 2. The van der Waals surface area contributed by atoms with E-state index in [2.05, 4.69) is 0 Å². The van der Waals surface area contributed by atoms with Crippen molar-refractivity contribution in [1.82, 2.24) is 4.90 Å². The highest BCUT2D eigenvalue weighted by Gasteiger charge is 2.64. The van der Waals surface area contributed by atoms with Crippen LogP contribution in [0.1, 0.15) is 41.6 Å². The molecule has 0 spiro atoms. The number of hydrogen-bond donors (Lipinski definition) is 0. The third kappa shape index (κ3) is 3.07. The predicted octanol–water partition coefficient (Wildman–Crippen LogP) is 3.06. The number of para-hydroxylation sites is 2. The van der Waals surface area contributed by atoms with Gasteiger partial charge >= 0.3 is 5.97 Å². The lowest BCUT2D eigenvalue weighted by Crippen LogP contribution is -2.69. The van der Waals surface area contributed by atoms with E-state index in [1.54, 1.807) is 29.2 Å². The molecular formula is C24H24N2O5. The lowest BCUT2D eigenvalue weighted by Gasteiger charge is -2.48. The molecule has 1 saturated heterocycles. The van der Waals surface area contributed by atoms with E-state index in [1.165, 1.54) is 4.90 Å². The molecule has 0 unspecified atom stereocenters. The Balaban J connectivity index is 1.40. The molecule has 2 aromatic rings. The van der Waals surface area contributed by atoms with Crippen molar-refractivity contribution in [2.24, 2.45) is 0 Å². The summed E-state index contributed by atoms with van der Waals surface area (Å²) in [5, 5.41) is 0. The highest BCUT2D eigenvalue weighted by atomic mass is 16.6. The summed E-state index contributed by atoms with van der Waals surface area (Å²) < 4.78 is 11.3. The van der Waals surface area contributed by atoms with E-state index < -0.39 is 11.6 Å². The third-order valence-corrected chi connectivity index (χ3v) is 6.21. The van der Waals surface area contributed by atoms with Gasteiger partial charge in [0.15, 0.2) is 0 Å². The zero-order valence-electron chi connectivity index (χ0n) is 17.4. The average Bonchev–Trinajstić information content (AvgIpc) is 3.54. The Labute approximate surface area is 180 Å². The summed E-state index contributed by atoms with van der Waals surface area (Å²) in [4.78, 5) is 42.8. The van der Waals surface area contributed by atoms with Crippen molar-refractivity contribution >= 4 is 23.5 Å². The van der Waals surface area contributed by atoms with E-state index >= 15 is 0 Å². The zero-order chi connectivity index (χ0) is 21.6. The van der Waals surface area contributed by atoms with Crippen molar-refractivity contribution in [3.63, 3.8) is 0 Å². The monoisotopic (exact) mass is 420 g/mol. The van der Waals surface area contributed by atoms with Crippen LogP contribution < -0.4 is 9.64 Å². The first-order chi connectivity index (χ1) is 15.0. The van der Waals surface area contributed by atoms with Gasteiger partial charge < -0.3 is 14.4 Å². The van der Waals surface area contributed by atoms with Gasteiger partial charge in [-0.05, 0) is 43.5 Å². The van der Waals surface area contributed by atoms with Gasteiger partial charge in [-0.2, -0.15) is 0 Å². The molecule has 0 N–H and O–H groups in total. The second kappa shape index (κ2) is 7.41. The molecule has 160 valence electrons. The molecule has 2 amide bonds. The van der Waals surface area contributed by atoms with Crippen LogP contribution in [-0.4, -0.2) is 47.6 Å². The predicted molar refractivity (Wildman–Crippen MR) is 113 cm³/mol. The van der Waals surface area contributed by atoms with Crippen LogP contribution in [0.4, 0.5) is 5.69 Å². The van der Waals surface area contributed by atoms with Crippen LogP contribution in [0.25, 0.3) is 0 Å². The van der Waals surface area contributed by atoms with Crippen molar-refractivity contribution < 1.29 is 23.9 Å². The van der Waals surface area contributed by atoms with Gasteiger partial charge in [0.1, 0.15) is 19.0 Å². The van der Waals surface area contributed by atoms with Crippen LogP contribution >= 0.6 is 0 Å². The van der Waals surface area contributed by atoms with Gasteiger partial charge in [0.05, 0.1) is 11.3 Å². The Morgan fingerprint density at radius 3 is 2.58 bits per heavy atom. The number of nitrogens with zero attached hydrogens (tertiary/aromatic N) is 2. The molecule has 5 rings (SSSR count). The minimum atomic E-state index is -1.41. The fourth-order valence-corrected chi connectivity index (χ4v) is 4.63. The fraction of sp³-hybridized carbons (Fsp3) is 0.375. The Morgan fingerprint density at radius 2 is 1.81 bits per heavy atom. The molecule has 1 atom stereocenters. The van der Waals surface area contributed by atoms with Crippen LogP contribution in [0.15, 0.2) is 48.5 Å². The highest BCUT2D eigenvalue weighted by Crippen LogP contribution is 2.49. The number of ether oxygens (including phenoxy) is 2. The summed E-state index contributed by atoms with van der Waals surface area (Å²) in [6.07, 6.45) is 2.07. The summed E-state index contributed by atoms with van der Waals surface area (Å²) in [6.45, 7) is 2.17. The zero-order valence-corrected chi connectivity index (χ0v) is 17.4. The second-order valence-corrected chi connectivity index (χ2v) is 8.22. The van der Waals surface area contributed by atoms with Crippen LogP contribution in [0.5, 0.6) is 5.75 Å². The molecule has 2 heterocycles. The van der Waals surface area contributed by atoms with Crippen molar-refractivity contribution in [3.05, 3.63) is 59.7 Å². The Hall–Kier alpha value is -3.35. The van der Waals surface area contributed by atoms with E-state index in [4.69, 9.17) is 9.47 Å². The molecular weight excluding hydrogens is 396 g/mol. The molecule has 0 radical (unpaired) electrons. The third-order valence-electron chi connectivity index (χ3n) is 6.21. The van der Waals surface area contributed by atoms with Crippen molar-refractivity contribution in [2.75, 3.05) is 18.1 Å². The number of fused-ring (bicyclic) bond motifs is 3. The molecule has 7 heteroatoms. The topological polar surface area (TPSA) is 76.1 Å². The van der Waals surface area contributed by atoms with Gasteiger partial charge in [-0.1, -0.05) is 30.3 Å². The second-order valence-electron chi connectivity index (χ2n) is 8.22. The van der Waals surface area contributed by atoms with Crippen LogP contribution in [-0.2, 0) is 14.3 Å². The largest absolute Gasteiger partial charge is 0.490 e. The SMILES string of the molecule is Cc1ccccc1OCCOC(=O)[C@@]12CCC(=O)N1c1ccccc1C(=O)N2C1CC1. The molecule has 2 aromatic carbocycles. The maximum atomic E-state index is 13.5. The smallest absolute Gasteiger partial charge is 0.353 e. The first-order valence-corrected chi connectivity index (χ1v) is 10.7. The lowest BCUT2D eigenvalue weighted by atomic mass is 9.96. The molecule has 3 aliphatic rings. The summed E-state index contributed by atoms with van der Waals surface area (Å²) in [5.41, 5.74) is 0.525. The van der Waals surface area contributed by atoms with Gasteiger partial charge in [-0.3, -0.25) is 14.5 Å². The normalized spacial score (nSPS) is 22.2. The fourth-order valence-electron chi connectivity index (χ4n) is 4.63. The average molecular weight is 420 g/mol. The molecule has 1 saturated carbocycles. The van der Waals surface area contributed by atoms with Crippen molar-refractivity contribution in [2.45, 2.75) is 44.3 Å². The highest BCUT2D eigenvalue weighted by molar-refractivity contribution is 6.15. The molecule has 0 aromatic heterocycles. The Bertz CT molecular complexity index is 1060. The molecule has 7 nitrogen and oxygen atoms in total. The minimum Gasteiger partial charge on any atom is -0.490 e. The van der Waals surface area contributed by atoms with Gasteiger partial charge in [0.2, 0.25) is 11.6 Å². The Morgan fingerprint density at radius 1 is 1.06 bits per heavy atom. The number of carbonyl (C=O) groups is 3. The summed E-state index contributed by atoms with van der Waals surface area (Å²) in [6, 6.07) is 14.6. The number of hydrogen-bond acceptors (Lipinski definition) is 5. The number of anilines is 1. The molecule has 2 fully saturated rings. The van der Waals surface area contributed by atoms with E-state index in [1.807, 2.05) is 31.2 Å². The maximum Gasteiger partial charge on any atom is 0.353 e. The minimum absolute atomic E-state index is 0.0330. The molecule has 1 aliphatic carbocycles. The van der Waals surface area contributed by atoms with Crippen LogP contribution in [0, 0.1) is 6.92 Å². The van der Waals surface area contributed by atoms with Gasteiger partial charge in [0, 0.05) is 18.9 Å². The number of esters is 1. The van der Waals surface area contributed by atoms with Crippen molar-refractivity contribution in [3.8, 4) is 5.75 Å². The molecule has 2 aliphatic heterocycles. The number of aryl methyl sites for hydroxylation is 1. The summed E-state index contributed by atoms with van der Waals surface area (Å²) >= 11 is 0. The van der Waals surface area contributed by atoms with Gasteiger partial charge in [-0.25, -0.2) is 4.79 Å². The first-order valence-electron chi connectivity index (χ1n) is 10.7. The lowest BCUT2D eigenvalue weighted by molar-refractivity contribution is -0.158. The quantitative estimate of drug-likeness (QED) is 0.530. The van der Waals surface area contributed by atoms with Crippen molar-refractivity contribution in [1.29, 1.82) is 0 Å². The van der Waals surface area contributed by atoms with Crippen LogP contribution in [0.2, 0.25) is 0 Å². The Kier molecular flexibility index (Phi) is 4.68. The van der Waals surface area contributed by atoms with E-state index in [-0.39, 0.29) is 43.9 Å². The number of carbonyl (C=O) groups excluding carboxylic acids is 3. The first kappa shape index (κ1) is 19.6. The van der Waals surface area contributed by atoms with E-state index in [0.717, 1.165) is 24.2 Å². The van der Waals surface area contributed by atoms with E-state index in [0.29, 0.717) is 11.3 Å².